The molecule has 11 heteroatoms. The Hall–Kier alpha value is -1.79. The van der Waals surface area contributed by atoms with Gasteiger partial charge in [-0.05, 0) is 44.9 Å². The van der Waals surface area contributed by atoms with Crippen molar-refractivity contribution in [2.45, 2.75) is 102 Å². The van der Waals surface area contributed by atoms with Gasteiger partial charge in [-0.3, -0.25) is 14.4 Å². The van der Waals surface area contributed by atoms with E-state index in [0.29, 0.717) is 12.3 Å². The summed E-state index contributed by atoms with van der Waals surface area (Å²) < 4.78 is 23.0. The van der Waals surface area contributed by atoms with Gasteiger partial charge < -0.3 is 29.8 Å². The Labute approximate surface area is 198 Å². The number of nitrogens with two attached hydrogens (primary N) is 1. The average Bonchev–Trinajstić information content (AvgIpc) is 3.01. The van der Waals surface area contributed by atoms with Crippen molar-refractivity contribution in [3.05, 3.63) is 0 Å². The molecule has 3 N–H and O–H groups in total. The van der Waals surface area contributed by atoms with E-state index in [0.717, 1.165) is 19.3 Å². The number of hydrogen-bond donors (Lipinski definition) is 2. The molecule has 0 aromatic heterocycles. The Morgan fingerprint density at radius 1 is 1.09 bits per heavy atom. The van der Waals surface area contributed by atoms with Gasteiger partial charge in [-0.15, -0.1) is 0 Å². The fraction of sp³-hybridized carbons (Fsp3) is 0.870. The first kappa shape index (κ1) is 25.3. The summed E-state index contributed by atoms with van der Waals surface area (Å²) in [7, 11) is 0. The first-order valence-electron chi connectivity index (χ1n) is 12.0. The monoisotopic (exact) mass is 485 g/mol. The highest BCUT2D eigenvalue weighted by atomic mass is 17.3. The van der Waals surface area contributed by atoms with Crippen molar-refractivity contribution < 1.29 is 48.2 Å². The third kappa shape index (κ3) is 4.44. The lowest BCUT2D eigenvalue weighted by atomic mass is 9.58. The summed E-state index contributed by atoms with van der Waals surface area (Å²) in [6.07, 6.45) is 0.358. The second-order valence-electron chi connectivity index (χ2n) is 10.3. The normalized spacial score (nSPS) is 42.6. The molecule has 1 aliphatic carbocycles. The molecule has 0 aromatic rings. The van der Waals surface area contributed by atoms with Gasteiger partial charge in [0.15, 0.2) is 11.9 Å². The Morgan fingerprint density at radius 3 is 2.50 bits per heavy atom. The van der Waals surface area contributed by atoms with Crippen LogP contribution in [0.4, 0.5) is 0 Å². The van der Waals surface area contributed by atoms with Crippen molar-refractivity contribution >= 4 is 17.9 Å². The molecule has 11 nitrogen and oxygen atoms in total. The van der Waals surface area contributed by atoms with Crippen LogP contribution in [0.3, 0.4) is 0 Å². The molecule has 2 bridgehead atoms. The van der Waals surface area contributed by atoms with Crippen LogP contribution in [0.1, 0.15) is 66.2 Å². The molecule has 0 amide bonds. The number of carbonyl (C=O) groups is 3. The third-order valence-electron chi connectivity index (χ3n) is 7.99. The number of ether oxygens (including phenoxy) is 4. The lowest BCUT2D eigenvalue weighted by molar-refractivity contribution is -0.576. The molecule has 192 valence electrons. The molecule has 4 heterocycles. The minimum atomic E-state index is -1.34. The van der Waals surface area contributed by atoms with Crippen LogP contribution in [0.25, 0.3) is 0 Å². The largest absolute Gasteiger partial charge is 0.480 e. The Balaban J connectivity index is 1.38. The molecule has 1 spiro atoms. The van der Waals surface area contributed by atoms with Crippen LogP contribution < -0.4 is 5.73 Å². The molecule has 1 saturated carbocycles. The minimum absolute atomic E-state index is 0.0104. The number of rotatable bonds is 7. The summed E-state index contributed by atoms with van der Waals surface area (Å²) in [5, 5.41) is 8.89. The van der Waals surface area contributed by atoms with E-state index in [9.17, 15) is 14.4 Å². The lowest BCUT2D eigenvalue weighted by Gasteiger charge is -2.59. The van der Waals surface area contributed by atoms with Gasteiger partial charge in [0.2, 0.25) is 12.1 Å². The van der Waals surface area contributed by atoms with Gasteiger partial charge in [0, 0.05) is 18.3 Å². The van der Waals surface area contributed by atoms with Crippen LogP contribution in [0, 0.1) is 23.7 Å². The molecule has 4 aliphatic heterocycles. The highest BCUT2D eigenvalue weighted by Crippen LogP contribution is 2.60. The number of fused-ring (bicyclic) bond motifs is 2. The van der Waals surface area contributed by atoms with Gasteiger partial charge in [0.05, 0.1) is 12.8 Å². The topological polar surface area (TPSA) is 153 Å². The molecular weight excluding hydrogens is 450 g/mol. The number of hydrogen-bond acceptors (Lipinski definition) is 10. The smallest absolute Gasteiger partial charge is 0.324 e. The third-order valence-corrected chi connectivity index (χ3v) is 7.99. The highest BCUT2D eigenvalue weighted by Gasteiger charge is 2.69. The Kier molecular flexibility index (Phi) is 6.96. The van der Waals surface area contributed by atoms with E-state index in [1.165, 1.54) is 6.92 Å². The van der Waals surface area contributed by atoms with Gasteiger partial charge >= 0.3 is 17.9 Å². The average molecular weight is 486 g/mol. The zero-order valence-electron chi connectivity index (χ0n) is 20.1. The maximum absolute atomic E-state index is 12.5. The standard InChI is InChI=1S/C23H35NO10/c1-11-5-6-15-12(2)20(30-17(26)8-7-16(25)29-13(3)18(24)19(27)28)31-21-23(15)14(11)9-10-22(4,32-21)33-34-23/h11-15,18,20-21H,5-10,24H2,1-4H3,(H,27,28)/t11-,12-,13-,14+,15+,18+,20-,21-,22-,23-/m1/s1. The van der Waals surface area contributed by atoms with Crippen molar-refractivity contribution in [1.29, 1.82) is 0 Å². The van der Waals surface area contributed by atoms with Crippen molar-refractivity contribution in [2.24, 2.45) is 29.4 Å². The molecule has 5 fully saturated rings. The predicted molar refractivity (Wildman–Crippen MR) is 113 cm³/mol. The fourth-order valence-corrected chi connectivity index (χ4v) is 5.94. The van der Waals surface area contributed by atoms with E-state index in [1.807, 2.05) is 13.8 Å². The van der Waals surface area contributed by atoms with E-state index in [-0.39, 0.29) is 30.6 Å². The summed E-state index contributed by atoms with van der Waals surface area (Å²) in [6.45, 7) is 7.39. The first-order valence-corrected chi connectivity index (χ1v) is 12.0. The molecule has 0 radical (unpaired) electrons. The van der Waals surface area contributed by atoms with E-state index in [4.69, 9.17) is 39.6 Å². The number of esters is 2. The van der Waals surface area contributed by atoms with Crippen molar-refractivity contribution in [2.75, 3.05) is 0 Å². The van der Waals surface area contributed by atoms with E-state index < -0.39 is 54.0 Å². The van der Waals surface area contributed by atoms with Crippen molar-refractivity contribution in [3.63, 3.8) is 0 Å². The summed E-state index contributed by atoms with van der Waals surface area (Å²) >= 11 is 0. The first-order chi connectivity index (χ1) is 16.0. The lowest BCUT2D eigenvalue weighted by Crippen LogP contribution is -2.70. The second-order valence-corrected chi connectivity index (χ2v) is 10.3. The molecule has 5 rings (SSSR count). The number of carboxylic acids is 1. The van der Waals surface area contributed by atoms with E-state index in [2.05, 4.69) is 6.92 Å². The summed E-state index contributed by atoms with van der Waals surface area (Å²) in [4.78, 5) is 47.3. The zero-order chi connectivity index (χ0) is 24.8. The van der Waals surface area contributed by atoms with Crippen molar-refractivity contribution in [1.82, 2.24) is 0 Å². The van der Waals surface area contributed by atoms with Crippen molar-refractivity contribution in [3.8, 4) is 0 Å². The van der Waals surface area contributed by atoms with E-state index in [1.54, 1.807) is 0 Å². The zero-order valence-corrected chi connectivity index (χ0v) is 20.1. The van der Waals surface area contributed by atoms with Crippen LogP contribution in [-0.2, 0) is 43.1 Å². The molecule has 4 saturated heterocycles. The predicted octanol–water partition coefficient (Wildman–Crippen LogP) is 1.86. The molecule has 0 unspecified atom stereocenters. The van der Waals surface area contributed by atoms with Crippen LogP contribution in [0.2, 0.25) is 0 Å². The number of carbonyl (C=O) groups excluding carboxylic acids is 2. The summed E-state index contributed by atoms with van der Waals surface area (Å²) in [5.74, 6) is -3.10. The highest BCUT2D eigenvalue weighted by molar-refractivity contribution is 5.78. The molecular formula is C23H35NO10. The van der Waals surface area contributed by atoms with Crippen LogP contribution in [0.15, 0.2) is 0 Å². The number of carboxylic acid groups (broad SMARTS) is 1. The summed E-state index contributed by atoms with van der Waals surface area (Å²) in [6, 6.07) is -1.34. The maximum Gasteiger partial charge on any atom is 0.324 e. The Morgan fingerprint density at radius 2 is 1.79 bits per heavy atom. The Bertz CT molecular complexity index is 822. The SMILES string of the molecule is C[C@H]1[C@H](OC(=O)CCC(=O)O[C@H](C)[C@H](N)C(=O)O)O[C@@H]2O[C@@]3(C)CC[C@H]4[C@H](C)CC[C@@H]1[C@@]24OO3. The molecule has 10 atom stereocenters. The van der Waals surface area contributed by atoms with Gasteiger partial charge in [-0.2, -0.15) is 0 Å². The van der Waals surface area contributed by atoms with Gasteiger partial charge in [-0.25, -0.2) is 9.78 Å². The van der Waals surface area contributed by atoms with Crippen LogP contribution in [0.5, 0.6) is 0 Å². The molecule has 34 heavy (non-hydrogen) atoms. The molecule has 5 aliphatic rings. The minimum Gasteiger partial charge on any atom is -0.480 e. The molecule has 0 aromatic carbocycles. The summed E-state index contributed by atoms with van der Waals surface area (Å²) in [5.41, 5.74) is 4.68. The second kappa shape index (κ2) is 9.34. The van der Waals surface area contributed by atoms with Gasteiger partial charge in [0.1, 0.15) is 12.1 Å². The quantitative estimate of drug-likeness (QED) is 0.401. The van der Waals surface area contributed by atoms with Gasteiger partial charge in [0.25, 0.3) is 0 Å². The van der Waals surface area contributed by atoms with Crippen LogP contribution >= 0.6 is 0 Å². The van der Waals surface area contributed by atoms with Crippen LogP contribution in [-0.4, -0.2) is 59.1 Å². The van der Waals surface area contributed by atoms with Gasteiger partial charge in [-0.1, -0.05) is 13.8 Å². The number of aliphatic carboxylic acids is 1. The fourth-order valence-electron chi connectivity index (χ4n) is 5.94. The van der Waals surface area contributed by atoms with E-state index >= 15 is 0 Å². The maximum atomic E-state index is 12.5.